The summed E-state index contributed by atoms with van der Waals surface area (Å²) < 4.78 is 40.8. The zero-order valence-corrected chi connectivity index (χ0v) is 21.5. The predicted octanol–water partition coefficient (Wildman–Crippen LogP) is 6.23. The molecule has 7 nitrogen and oxygen atoms in total. The van der Waals surface area contributed by atoms with Gasteiger partial charge in [-0.05, 0) is 74.5 Å². The molecule has 35 heavy (non-hydrogen) atoms. The number of esters is 1. The monoisotopic (exact) mass is 532 g/mol. The van der Waals surface area contributed by atoms with Crippen molar-refractivity contribution in [3.63, 3.8) is 0 Å². The van der Waals surface area contributed by atoms with Gasteiger partial charge >= 0.3 is 5.97 Å². The van der Waals surface area contributed by atoms with E-state index in [4.69, 9.17) is 32.7 Å². The first kappa shape index (κ1) is 24.9. The Morgan fingerprint density at radius 1 is 1.03 bits per heavy atom. The number of sulfonamides is 1. The second kappa shape index (κ2) is 9.81. The zero-order chi connectivity index (χ0) is 25.3. The number of carbonyl (C=O) groups is 1. The fourth-order valence-corrected chi connectivity index (χ4v) is 5.36. The van der Waals surface area contributed by atoms with Gasteiger partial charge in [0.05, 0.1) is 40.4 Å². The number of aromatic nitrogens is 1. The number of carbonyl (C=O) groups excluding carboxylic acids is 1. The smallest absolute Gasteiger partial charge is 0.340 e. The summed E-state index contributed by atoms with van der Waals surface area (Å²) in [4.78, 5) is 13.0. The molecule has 0 radical (unpaired) electrons. The van der Waals surface area contributed by atoms with Gasteiger partial charge in [0.25, 0.3) is 10.0 Å². The SMILES string of the molecule is CCOC(=O)c1c(C)n(-c2ccc(OC)cc2)c2c(Cl)cc(NS(=O)(=O)c3ccc(Cl)cc3)cc12. The minimum Gasteiger partial charge on any atom is -0.497 e. The molecule has 0 aliphatic heterocycles. The van der Waals surface area contributed by atoms with Gasteiger partial charge in [-0.1, -0.05) is 23.2 Å². The van der Waals surface area contributed by atoms with E-state index in [0.29, 0.717) is 32.9 Å². The lowest BCUT2D eigenvalue weighted by Crippen LogP contribution is -2.13. The van der Waals surface area contributed by atoms with Crippen molar-refractivity contribution in [1.82, 2.24) is 4.57 Å². The molecular formula is C25H22Cl2N2O5S. The molecular weight excluding hydrogens is 511 g/mol. The highest BCUT2D eigenvalue weighted by molar-refractivity contribution is 7.92. The summed E-state index contributed by atoms with van der Waals surface area (Å²) in [6.07, 6.45) is 0. The van der Waals surface area contributed by atoms with Gasteiger partial charge in [-0.15, -0.1) is 0 Å². The third-order valence-electron chi connectivity index (χ3n) is 5.44. The van der Waals surface area contributed by atoms with Crippen LogP contribution in [0.4, 0.5) is 5.69 Å². The molecule has 0 saturated heterocycles. The Labute approximate surface area is 213 Å². The van der Waals surface area contributed by atoms with E-state index in [1.165, 1.54) is 30.3 Å². The van der Waals surface area contributed by atoms with E-state index in [1.54, 1.807) is 39.2 Å². The lowest BCUT2D eigenvalue weighted by atomic mass is 10.1. The Balaban J connectivity index is 1.90. The minimum absolute atomic E-state index is 0.0377. The molecule has 1 heterocycles. The predicted molar refractivity (Wildman–Crippen MR) is 138 cm³/mol. The van der Waals surface area contributed by atoms with Crippen LogP contribution in [0.3, 0.4) is 0 Å². The normalized spacial score (nSPS) is 11.5. The third kappa shape index (κ3) is 4.82. The molecule has 1 N–H and O–H groups in total. The number of halogens is 2. The molecule has 0 atom stereocenters. The maximum absolute atomic E-state index is 12.9. The van der Waals surface area contributed by atoms with Crippen LogP contribution >= 0.6 is 23.2 Å². The minimum atomic E-state index is -3.93. The summed E-state index contributed by atoms with van der Waals surface area (Å²) in [6, 6.07) is 16.1. The van der Waals surface area contributed by atoms with Gasteiger partial charge in [0.1, 0.15) is 5.75 Å². The number of anilines is 1. The highest BCUT2D eigenvalue weighted by Gasteiger charge is 2.25. The van der Waals surface area contributed by atoms with Gasteiger partial charge in [-0.25, -0.2) is 13.2 Å². The number of fused-ring (bicyclic) bond motifs is 1. The van der Waals surface area contributed by atoms with Crippen LogP contribution in [-0.2, 0) is 14.8 Å². The van der Waals surface area contributed by atoms with E-state index in [9.17, 15) is 13.2 Å². The van der Waals surface area contributed by atoms with Crippen molar-refractivity contribution in [3.8, 4) is 11.4 Å². The number of rotatable bonds is 7. The summed E-state index contributed by atoms with van der Waals surface area (Å²) in [5.74, 6) is 0.148. The van der Waals surface area contributed by atoms with Crippen molar-refractivity contribution in [2.75, 3.05) is 18.4 Å². The largest absolute Gasteiger partial charge is 0.497 e. The van der Waals surface area contributed by atoms with E-state index in [2.05, 4.69) is 4.72 Å². The first-order valence-corrected chi connectivity index (χ1v) is 12.8. The maximum Gasteiger partial charge on any atom is 0.340 e. The molecule has 0 aliphatic carbocycles. The molecule has 0 unspecified atom stereocenters. The number of nitrogens with one attached hydrogen (secondary N) is 1. The number of benzene rings is 3. The zero-order valence-electron chi connectivity index (χ0n) is 19.1. The summed E-state index contributed by atoms with van der Waals surface area (Å²) in [6.45, 7) is 3.68. The summed E-state index contributed by atoms with van der Waals surface area (Å²) in [5.41, 5.74) is 2.40. The Bertz CT molecular complexity index is 1510. The number of methoxy groups -OCH3 is 1. The van der Waals surface area contributed by atoms with Gasteiger partial charge in [-0.2, -0.15) is 0 Å². The standard InChI is InChI=1S/C25H22Cl2N2O5S/c1-4-34-25(30)23-15(2)29(18-7-9-19(33-3)10-8-18)24-21(23)13-17(14-22(24)27)28-35(31,32)20-11-5-16(26)6-12-20/h5-14,28H,4H2,1-3H3. The Hall–Kier alpha value is -3.20. The summed E-state index contributed by atoms with van der Waals surface area (Å²) in [7, 11) is -2.35. The van der Waals surface area contributed by atoms with Gasteiger partial charge in [0.2, 0.25) is 0 Å². The van der Waals surface area contributed by atoms with Crippen molar-refractivity contribution in [3.05, 3.63) is 82.0 Å². The van der Waals surface area contributed by atoms with Crippen molar-refractivity contribution < 1.29 is 22.7 Å². The number of nitrogens with zero attached hydrogens (tertiary/aromatic N) is 1. The van der Waals surface area contributed by atoms with Gasteiger partial charge in [0, 0.05) is 21.8 Å². The molecule has 4 aromatic rings. The van der Waals surface area contributed by atoms with E-state index in [1.807, 2.05) is 16.7 Å². The molecule has 0 fully saturated rings. The van der Waals surface area contributed by atoms with Crippen molar-refractivity contribution >= 4 is 55.8 Å². The lowest BCUT2D eigenvalue weighted by molar-refractivity contribution is 0.0527. The number of hydrogen-bond acceptors (Lipinski definition) is 5. The van der Waals surface area contributed by atoms with Crippen LogP contribution in [0, 0.1) is 6.92 Å². The molecule has 0 spiro atoms. The Kier molecular flexibility index (Phi) is 6.98. The Morgan fingerprint density at radius 2 is 1.69 bits per heavy atom. The molecule has 0 bridgehead atoms. The molecule has 1 aromatic heterocycles. The fourth-order valence-electron chi connectivity index (χ4n) is 3.89. The molecule has 0 aliphatic rings. The molecule has 182 valence electrons. The van der Waals surface area contributed by atoms with Crippen LogP contribution in [-0.4, -0.2) is 32.7 Å². The molecule has 3 aromatic carbocycles. The van der Waals surface area contributed by atoms with E-state index in [0.717, 1.165) is 5.69 Å². The quantitative estimate of drug-likeness (QED) is 0.285. The van der Waals surface area contributed by atoms with E-state index < -0.39 is 16.0 Å². The molecule has 0 saturated carbocycles. The van der Waals surface area contributed by atoms with E-state index >= 15 is 0 Å². The van der Waals surface area contributed by atoms with Gasteiger partial charge in [0.15, 0.2) is 0 Å². The molecule has 4 rings (SSSR count). The van der Waals surface area contributed by atoms with Crippen molar-refractivity contribution in [2.45, 2.75) is 18.7 Å². The van der Waals surface area contributed by atoms with Crippen LogP contribution in [0.25, 0.3) is 16.6 Å². The highest BCUT2D eigenvalue weighted by Crippen LogP contribution is 2.37. The first-order valence-electron chi connectivity index (χ1n) is 10.6. The average molecular weight is 533 g/mol. The third-order valence-corrected chi connectivity index (χ3v) is 7.38. The van der Waals surface area contributed by atoms with Crippen LogP contribution < -0.4 is 9.46 Å². The fraction of sp³-hybridized carbons (Fsp3) is 0.160. The van der Waals surface area contributed by atoms with Crippen LogP contribution in [0.2, 0.25) is 10.0 Å². The van der Waals surface area contributed by atoms with Crippen LogP contribution in [0.5, 0.6) is 5.75 Å². The summed E-state index contributed by atoms with van der Waals surface area (Å²) in [5, 5.41) is 1.13. The number of hydrogen-bond donors (Lipinski definition) is 1. The molecule has 10 heteroatoms. The second-order valence-corrected chi connectivity index (χ2v) is 10.2. The van der Waals surface area contributed by atoms with Gasteiger partial charge in [-0.3, -0.25) is 4.72 Å². The van der Waals surface area contributed by atoms with Crippen molar-refractivity contribution in [2.24, 2.45) is 0 Å². The first-order chi connectivity index (χ1) is 16.7. The molecule has 0 amide bonds. The number of ether oxygens (including phenoxy) is 2. The average Bonchev–Trinajstić information content (AvgIpc) is 3.11. The summed E-state index contributed by atoms with van der Waals surface area (Å²) >= 11 is 12.6. The second-order valence-electron chi connectivity index (χ2n) is 7.63. The van der Waals surface area contributed by atoms with Crippen LogP contribution in [0.1, 0.15) is 23.0 Å². The lowest BCUT2D eigenvalue weighted by Gasteiger charge is -2.12. The Morgan fingerprint density at radius 3 is 2.29 bits per heavy atom. The topological polar surface area (TPSA) is 86.6 Å². The van der Waals surface area contributed by atoms with Crippen molar-refractivity contribution in [1.29, 1.82) is 0 Å². The highest BCUT2D eigenvalue weighted by atomic mass is 35.5. The van der Waals surface area contributed by atoms with Gasteiger partial charge < -0.3 is 14.0 Å². The van der Waals surface area contributed by atoms with E-state index in [-0.39, 0.29) is 22.2 Å². The van der Waals surface area contributed by atoms with Crippen LogP contribution in [0.15, 0.2) is 65.6 Å². The maximum atomic E-state index is 12.9.